The van der Waals surface area contributed by atoms with E-state index in [0.29, 0.717) is 0 Å². The molecule has 0 saturated carbocycles. The zero-order valence-corrected chi connectivity index (χ0v) is 14.0. The lowest BCUT2D eigenvalue weighted by Crippen LogP contribution is -2.28. The van der Waals surface area contributed by atoms with Gasteiger partial charge in [-0.05, 0) is 52.7 Å². The third kappa shape index (κ3) is 2.98. The molecule has 2 rings (SSSR count). The monoisotopic (exact) mass is 356 g/mol. The van der Waals surface area contributed by atoms with Crippen LogP contribution in [-0.2, 0) is 0 Å². The predicted octanol–water partition coefficient (Wildman–Crippen LogP) is 3.39. The van der Waals surface area contributed by atoms with E-state index >= 15 is 0 Å². The van der Waals surface area contributed by atoms with Gasteiger partial charge in [-0.15, -0.1) is 11.3 Å². The van der Waals surface area contributed by atoms with E-state index in [4.69, 9.17) is 15.3 Å². The van der Waals surface area contributed by atoms with E-state index in [2.05, 4.69) is 34.3 Å². The SMILES string of the molecule is COc1ccc(OC)c(C(NN)c2cc(C)c(Br)s2)c1. The van der Waals surface area contributed by atoms with Crippen LogP contribution in [0, 0.1) is 6.92 Å². The molecule has 1 unspecified atom stereocenters. The molecule has 0 saturated heterocycles. The summed E-state index contributed by atoms with van der Waals surface area (Å²) in [5.74, 6) is 7.30. The zero-order chi connectivity index (χ0) is 14.7. The zero-order valence-electron chi connectivity index (χ0n) is 11.6. The Labute approximate surface area is 131 Å². The van der Waals surface area contributed by atoms with Crippen LogP contribution in [0.4, 0.5) is 0 Å². The average molecular weight is 357 g/mol. The van der Waals surface area contributed by atoms with Gasteiger partial charge >= 0.3 is 0 Å². The maximum atomic E-state index is 5.76. The van der Waals surface area contributed by atoms with Crippen molar-refractivity contribution in [3.05, 3.63) is 44.1 Å². The summed E-state index contributed by atoms with van der Waals surface area (Å²) in [6, 6.07) is 7.65. The van der Waals surface area contributed by atoms with Crippen molar-refractivity contribution in [2.24, 2.45) is 5.84 Å². The molecule has 1 aromatic heterocycles. The Morgan fingerprint density at radius 3 is 2.50 bits per heavy atom. The maximum absolute atomic E-state index is 5.76. The number of rotatable bonds is 5. The quantitative estimate of drug-likeness (QED) is 0.636. The first-order valence-electron chi connectivity index (χ1n) is 6.04. The summed E-state index contributed by atoms with van der Waals surface area (Å²) in [7, 11) is 3.29. The normalized spacial score (nSPS) is 12.2. The molecule has 0 aliphatic heterocycles. The van der Waals surface area contributed by atoms with Gasteiger partial charge in [-0.1, -0.05) is 0 Å². The second-order valence-electron chi connectivity index (χ2n) is 4.31. The molecular weight excluding hydrogens is 340 g/mol. The minimum Gasteiger partial charge on any atom is -0.497 e. The molecular formula is C14H17BrN2O2S. The third-order valence-corrected chi connectivity index (χ3v) is 5.28. The summed E-state index contributed by atoms with van der Waals surface area (Å²) in [4.78, 5) is 1.11. The summed E-state index contributed by atoms with van der Waals surface area (Å²) in [6.45, 7) is 2.06. The Bertz CT molecular complexity index is 581. The van der Waals surface area contributed by atoms with Crippen LogP contribution >= 0.6 is 27.3 Å². The molecule has 4 nitrogen and oxygen atoms in total. The van der Waals surface area contributed by atoms with Gasteiger partial charge in [-0.3, -0.25) is 5.84 Å². The molecule has 1 aromatic carbocycles. The number of nitrogens with one attached hydrogen (secondary N) is 1. The van der Waals surface area contributed by atoms with Crippen LogP contribution in [0.15, 0.2) is 28.1 Å². The van der Waals surface area contributed by atoms with Crippen LogP contribution in [0.3, 0.4) is 0 Å². The van der Waals surface area contributed by atoms with Crippen LogP contribution in [0.5, 0.6) is 11.5 Å². The van der Waals surface area contributed by atoms with E-state index in [0.717, 1.165) is 25.7 Å². The molecule has 0 radical (unpaired) electrons. The molecule has 6 heteroatoms. The van der Waals surface area contributed by atoms with Gasteiger partial charge in [0.15, 0.2) is 0 Å². The second kappa shape index (κ2) is 6.58. The highest BCUT2D eigenvalue weighted by Crippen LogP contribution is 2.38. The van der Waals surface area contributed by atoms with E-state index in [1.54, 1.807) is 25.6 Å². The fraction of sp³-hybridized carbons (Fsp3) is 0.286. The summed E-state index contributed by atoms with van der Waals surface area (Å²) >= 11 is 5.20. The van der Waals surface area contributed by atoms with Crippen LogP contribution in [0.1, 0.15) is 22.0 Å². The first kappa shape index (κ1) is 15.3. The van der Waals surface area contributed by atoms with E-state index in [-0.39, 0.29) is 6.04 Å². The van der Waals surface area contributed by atoms with Crippen molar-refractivity contribution < 1.29 is 9.47 Å². The van der Waals surface area contributed by atoms with E-state index < -0.39 is 0 Å². The number of aryl methyl sites for hydroxylation is 1. The highest BCUT2D eigenvalue weighted by molar-refractivity contribution is 9.11. The molecule has 20 heavy (non-hydrogen) atoms. The van der Waals surface area contributed by atoms with Crippen LogP contribution in [0.25, 0.3) is 0 Å². The lowest BCUT2D eigenvalue weighted by atomic mass is 10.0. The van der Waals surface area contributed by atoms with Gasteiger partial charge in [-0.25, -0.2) is 5.43 Å². The number of nitrogens with two attached hydrogens (primary N) is 1. The highest BCUT2D eigenvalue weighted by atomic mass is 79.9. The third-order valence-electron chi connectivity index (χ3n) is 3.08. The number of halogens is 1. The minimum atomic E-state index is -0.143. The Morgan fingerprint density at radius 2 is 2.00 bits per heavy atom. The molecule has 2 aromatic rings. The van der Waals surface area contributed by atoms with Crippen molar-refractivity contribution in [2.45, 2.75) is 13.0 Å². The molecule has 0 amide bonds. The Morgan fingerprint density at radius 1 is 1.25 bits per heavy atom. The maximum Gasteiger partial charge on any atom is 0.124 e. The molecule has 1 atom stereocenters. The number of ether oxygens (including phenoxy) is 2. The fourth-order valence-electron chi connectivity index (χ4n) is 2.02. The van der Waals surface area contributed by atoms with E-state index in [1.165, 1.54) is 5.56 Å². The summed E-state index contributed by atoms with van der Waals surface area (Å²) < 4.78 is 11.8. The van der Waals surface area contributed by atoms with Crippen molar-refractivity contribution in [1.82, 2.24) is 5.43 Å². The summed E-state index contributed by atoms with van der Waals surface area (Å²) in [5, 5.41) is 0. The number of hydrogen-bond donors (Lipinski definition) is 2. The molecule has 0 spiro atoms. The number of thiophene rings is 1. The average Bonchev–Trinajstić information content (AvgIpc) is 2.79. The first-order valence-corrected chi connectivity index (χ1v) is 7.65. The minimum absolute atomic E-state index is 0.143. The van der Waals surface area contributed by atoms with Gasteiger partial charge in [0, 0.05) is 10.4 Å². The van der Waals surface area contributed by atoms with Crippen molar-refractivity contribution in [2.75, 3.05) is 14.2 Å². The topological polar surface area (TPSA) is 56.5 Å². The number of benzene rings is 1. The molecule has 0 bridgehead atoms. The molecule has 0 fully saturated rings. The van der Waals surface area contributed by atoms with Crippen LogP contribution in [0.2, 0.25) is 0 Å². The lowest BCUT2D eigenvalue weighted by Gasteiger charge is -2.18. The number of hydrogen-bond acceptors (Lipinski definition) is 5. The summed E-state index contributed by atoms with van der Waals surface area (Å²) in [5.41, 5.74) is 4.99. The van der Waals surface area contributed by atoms with Gasteiger partial charge in [0.25, 0.3) is 0 Å². The second-order valence-corrected chi connectivity index (χ2v) is 6.71. The molecule has 0 aliphatic carbocycles. The van der Waals surface area contributed by atoms with Gasteiger partial charge in [-0.2, -0.15) is 0 Å². The van der Waals surface area contributed by atoms with E-state index in [1.807, 2.05) is 18.2 Å². The van der Waals surface area contributed by atoms with E-state index in [9.17, 15) is 0 Å². The Hall–Kier alpha value is -1.08. The molecule has 1 heterocycles. The van der Waals surface area contributed by atoms with Gasteiger partial charge < -0.3 is 9.47 Å². The van der Waals surface area contributed by atoms with Crippen LogP contribution < -0.4 is 20.7 Å². The van der Waals surface area contributed by atoms with Crippen LogP contribution in [-0.4, -0.2) is 14.2 Å². The van der Waals surface area contributed by atoms with Crippen molar-refractivity contribution in [3.8, 4) is 11.5 Å². The Balaban J connectivity index is 2.50. The predicted molar refractivity (Wildman–Crippen MR) is 85.5 cm³/mol. The smallest absolute Gasteiger partial charge is 0.124 e. The summed E-state index contributed by atoms with van der Waals surface area (Å²) in [6.07, 6.45) is 0. The largest absolute Gasteiger partial charge is 0.497 e. The number of methoxy groups -OCH3 is 2. The first-order chi connectivity index (χ1) is 9.60. The fourth-order valence-corrected chi connectivity index (χ4v) is 3.67. The van der Waals surface area contributed by atoms with Gasteiger partial charge in [0.1, 0.15) is 11.5 Å². The molecule has 0 aliphatic rings. The van der Waals surface area contributed by atoms with Gasteiger partial charge in [0.2, 0.25) is 0 Å². The van der Waals surface area contributed by atoms with Crippen molar-refractivity contribution >= 4 is 27.3 Å². The lowest BCUT2D eigenvalue weighted by molar-refractivity contribution is 0.394. The standard InChI is InChI=1S/C14H17BrN2O2S/c1-8-6-12(20-14(8)15)13(17-16)10-7-9(18-2)4-5-11(10)19-3/h4-7,13,17H,16H2,1-3H3. The molecule has 3 N–H and O–H groups in total. The Kier molecular flexibility index (Phi) is 5.04. The number of hydrazine groups is 1. The van der Waals surface area contributed by atoms with Crippen molar-refractivity contribution in [1.29, 1.82) is 0 Å². The highest BCUT2D eigenvalue weighted by Gasteiger charge is 2.20. The van der Waals surface area contributed by atoms with Gasteiger partial charge in [0.05, 0.1) is 24.0 Å². The molecule has 108 valence electrons. The van der Waals surface area contributed by atoms with Crippen molar-refractivity contribution in [3.63, 3.8) is 0 Å².